The van der Waals surface area contributed by atoms with Crippen molar-refractivity contribution in [2.75, 3.05) is 11.9 Å². The summed E-state index contributed by atoms with van der Waals surface area (Å²) < 4.78 is 1.58. The predicted octanol–water partition coefficient (Wildman–Crippen LogP) is 1.36. The van der Waals surface area contributed by atoms with E-state index in [0.717, 1.165) is 5.69 Å². The van der Waals surface area contributed by atoms with E-state index in [2.05, 4.69) is 10.3 Å². The second-order valence-corrected chi connectivity index (χ2v) is 3.39. The van der Waals surface area contributed by atoms with Crippen LogP contribution < -0.4 is 11.0 Å². The van der Waals surface area contributed by atoms with Gasteiger partial charge >= 0.3 is 5.69 Å². The number of hydrogen-bond donors (Lipinski definition) is 1. The van der Waals surface area contributed by atoms with Crippen LogP contribution in [0.15, 0.2) is 53.6 Å². The number of rotatable bonds is 4. The fraction of sp³-hybridized carbons (Fsp3) is 0.167. The fourth-order valence-corrected chi connectivity index (χ4v) is 1.43. The molecule has 0 aliphatic carbocycles. The van der Waals surface area contributed by atoms with Crippen molar-refractivity contribution in [3.63, 3.8) is 0 Å². The minimum atomic E-state index is -0.211. The van der Waals surface area contributed by atoms with Crippen LogP contribution in [-0.2, 0) is 6.54 Å². The van der Waals surface area contributed by atoms with Gasteiger partial charge in [-0.05, 0) is 18.2 Å². The van der Waals surface area contributed by atoms with Crippen molar-refractivity contribution < 1.29 is 0 Å². The van der Waals surface area contributed by atoms with Crippen LogP contribution in [0.5, 0.6) is 0 Å². The van der Waals surface area contributed by atoms with E-state index in [1.165, 1.54) is 6.20 Å². The number of hydrogen-bond acceptors (Lipinski definition) is 3. The highest BCUT2D eigenvalue weighted by atomic mass is 16.1. The third kappa shape index (κ3) is 2.70. The van der Waals surface area contributed by atoms with Crippen LogP contribution in [0.3, 0.4) is 0 Å². The molecule has 0 atom stereocenters. The normalized spacial score (nSPS) is 10.0. The van der Waals surface area contributed by atoms with E-state index >= 15 is 0 Å². The van der Waals surface area contributed by atoms with Crippen molar-refractivity contribution in [1.29, 1.82) is 0 Å². The van der Waals surface area contributed by atoms with E-state index < -0.39 is 0 Å². The Morgan fingerprint density at radius 3 is 2.75 bits per heavy atom. The maximum absolute atomic E-state index is 11.3. The van der Waals surface area contributed by atoms with Gasteiger partial charge in [-0.25, -0.2) is 9.78 Å². The molecule has 0 aliphatic rings. The van der Waals surface area contributed by atoms with Crippen molar-refractivity contribution in [3.05, 3.63) is 59.3 Å². The minimum Gasteiger partial charge on any atom is -0.383 e. The molecule has 0 bridgehead atoms. The molecular weight excluding hydrogens is 202 g/mol. The largest absolute Gasteiger partial charge is 0.383 e. The number of aromatic nitrogens is 2. The molecule has 0 saturated heterocycles. The molecule has 16 heavy (non-hydrogen) atoms. The molecule has 0 radical (unpaired) electrons. The van der Waals surface area contributed by atoms with Gasteiger partial charge in [0.15, 0.2) is 0 Å². The lowest BCUT2D eigenvalue weighted by Crippen LogP contribution is -2.24. The summed E-state index contributed by atoms with van der Waals surface area (Å²) >= 11 is 0. The molecule has 82 valence electrons. The van der Waals surface area contributed by atoms with Gasteiger partial charge in [0.2, 0.25) is 0 Å². The second-order valence-electron chi connectivity index (χ2n) is 3.39. The van der Waals surface area contributed by atoms with Gasteiger partial charge in [0.05, 0.1) is 0 Å². The number of para-hydroxylation sites is 1. The number of nitrogens with zero attached hydrogens (tertiary/aromatic N) is 2. The zero-order valence-electron chi connectivity index (χ0n) is 8.84. The quantitative estimate of drug-likeness (QED) is 0.837. The Hall–Kier alpha value is -2.10. The molecule has 4 heteroatoms. The molecule has 0 spiro atoms. The van der Waals surface area contributed by atoms with Crippen LogP contribution in [0.2, 0.25) is 0 Å². The average Bonchev–Trinajstić information content (AvgIpc) is 2.33. The van der Waals surface area contributed by atoms with E-state index in [9.17, 15) is 4.79 Å². The van der Waals surface area contributed by atoms with E-state index in [0.29, 0.717) is 13.1 Å². The number of nitrogens with one attached hydrogen (secondary N) is 1. The Bertz CT molecular complexity index is 493. The Labute approximate surface area is 93.6 Å². The van der Waals surface area contributed by atoms with Crippen LogP contribution >= 0.6 is 0 Å². The summed E-state index contributed by atoms with van der Waals surface area (Å²) in [5, 5.41) is 3.23. The molecule has 2 rings (SSSR count). The van der Waals surface area contributed by atoms with Gasteiger partial charge in [-0.2, -0.15) is 0 Å². The molecule has 0 saturated carbocycles. The predicted molar refractivity (Wildman–Crippen MR) is 63.4 cm³/mol. The molecule has 0 aliphatic heterocycles. The smallest absolute Gasteiger partial charge is 0.347 e. The highest BCUT2D eigenvalue weighted by molar-refractivity contribution is 5.42. The summed E-state index contributed by atoms with van der Waals surface area (Å²) in [7, 11) is 0. The Morgan fingerprint density at radius 2 is 2.00 bits per heavy atom. The molecule has 1 heterocycles. The number of anilines is 1. The van der Waals surface area contributed by atoms with Crippen LogP contribution in [0.4, 0.5) is 5.69 Å². The topological polar surface area (TPSA) is 46.9 Å². The highest BCUT2D eigenvalue weighted by Gasteiger charge is 1.94. The first-order chi connectivity index (χ1) is 7.86. The Kier molecular flexibility index (Phi) is 3.33. The standard InChI is InChI=1S/C12H13N3O/c16-12-14-7-4-9-15(12)10-8-13-11-5-2-1-3-6-11/h1-7,9,13H,8,10H2. The molecule has 2 aromatic rings. The van der Waals surface area contributed by atoms with Crippen LogP contribution in [0, 0.1) is 0 Å². The van der Waals surface area contributed by atoms with Crippen molar-refractivity contribution in [1.82, 2.24) is 9.55 Å². The molecule has 0 unspecified atom stereocenters. The van der Waals surface area contributed by atoms with Crippen molar-refractivity contribution in [2.45, 2.75) is 6.54 Å². The number of benzene rings is 1. The maximum atomic E-state index is 11.3. The first-order valence-electron chi connectivity index (χ1n) is 5.16. The lowest BCUT2D eigenvalue weighted by molar-refractivity contribution is 0.674. The second kappa shape index (κ2) is 5.11. The van der Waals surface area contributed by atoms with E-state index in [1.54, 1.807) is 16.8 Å². The van der Waals surface area contributed by atoms with E-state index in [4.69, 9.17) is 0 Å². The van der Waals surface area contributed by atoms with Crippen LogP contribution in [-0.4, -0.2) is 16.1 Å². The molecule has 1 N–H and O–H groups in total. The molecule has 4 nitrogen and oxygen atoms in total. The first kappa shape index (κ1) is 10.4. The molecule has 1 aromatic heterocycles. The van der Waals surface area contributed by atoms with E-state index in [1.807, 2.05) is 30.3 Å². The monoisotopic (exact) mass is 215 g/mol. The summed E-state index contributed by atoms with van der Waals surface area (Å²) in [5.41, 5.74) is 0.844. The van der Waals surface area contributed by atoms with Crippen LogP contribution in [0.25, 0.3) is 0 Å². The third-order valence-corrected chi connectivity index (χ3v) is 2.24. The van der Waals surface area contributed by atoms with Crippen molar-refractivity contribution in [2.24, 2.45) is 0 Å². The summed E-state index contributed by atoms with van der Waals surface area (Å²) in [6, 6.07) is 11.6. The SMILES string of the molecule is O=c1ncccn1CCNc1ccccc1. The van der Waals surface area contributed by atoms with Gasteiger partial charge in [-0.3, -0.25) is 4.57 Å². The fourth-order valence-electron chi connectivity index (χ4n) is 1.43. The Morgan fingerprint density at radius 1 is 1.19 bits per heavy atom. The Balaban J connectivity index is 1.90. The molecule has 0 amide bonds. The summed E-state index contributed by atoms with van der Waals surface area (Å²) in [5.74, 6) is 0. The average molecular weight is 215 g/mol. The van der Waals surface area contributed by atoms with E-state index in [-0.39, 0.29) is 5.69 Å². The lowest BCUT2D eigenvalue weighted by atomic mass is 10.3. The zero-order valence-corrected chi connectivity index (χ0v) is 8.84. The van der Waals surface area contributed by atoms with Gasteiger partial charge in [0, 0.05) is 31.2 Å². The van der Waals surface area contributed by atoms with Crippen molar-refractivity contribution in [3.8, 4) is 0 Å². The van der Waals surface area contributed by atoms with Gasteiger partial charge in [0.25, 0.3) is 0 Å². The van der Waals surface area contributed by atoms with Gasteiger partial charge < -0.3 is 5.32 Å². The van der Waals surface area contributed by atoms with Crippen LogP contribution in [0.1, 0.15) is 0 Å². The first-order valence-corrected chi connectivity index (χ1v) is 5.16. The van der Waals surface area contributed by atoms with Gasteiger partial charge in [0.1, 0.15) is 0 Å². The minimum absolute atomic E-state index is 0.211. The molecule has 1 aromatic carbocycles. The third-order valence-electron chi connectivity index (χ3n) is 2.24. The summed E-state index contributed by atoms with van der Waals surface area (Å²) in [6.45, 7) is 1.32. The van der Waals surface area contributed by atoms with Gasteiger partial charge in [-0.15, -0.1) is 0 Å². The zero-order chi connectivity index (χ0) is 11.2. The highest BCUT2D eigenvalue weighted by Crippen LogP contribution is 2.03. The molecule has 0 fully saturated rings. The maximum Gasteiger partial charge on any atom is 0.347 e. The van der Waals surface area contributed by atoms with Crippen molar-refractivity contribution >= 4 is 5.69 Å². The lowest BCUT2D eigenvalue weighted by Gasteiger charge is -2.07. The summed E-state index contributed by atoms with van der Waals surface area (Å²) in [4.78, 5) is 15.0. The molecular formula is C12H13N3O. The summed E-state index contributed by atoms with van der Waals surface area (Å²) in [6.07, 6.45) is 3.24. The van der Waals surface area contributed by atoms with Gasteiger partial charge in [-0.1, -0.05) is 18.2 Å².